The van der Waals surface area contributed by atoms with Gasteiger partial charge in [0.15, 0.2) is 0 Å². The van der Waals surface area contributed by atoms with E-state index in [1.807, 2.05) is 12.1 Å². The average Bonchev–Trinajstić information content (AvgIpc) is 3.61. The maximum absolute atomic E-state index is 12.3. The monoisotopic (exact) mass is 490 g/mol. The number of ether oxygens (including phenoxy) is 2. The van der Waals surface area contributed by atoms with Crippen LogP contribution in [0.4, 0.5) is 21.0 Å². The zero-order valence-electron chi connectivity index (χ0n) is 19.8. The second kappa shape index (κ2) is 11.5. The maximum atomic E-state index is 12.3. The zero-order chi connectivity index (χ0) is 25.3. The molecule has 0 bridgehead atoms. The lowest BCUT2D eigenvalue weighted by Crippen LogP contribution is -2.28. The molecule has 0 aliphatic carbocycles. The highest BCUT2D eigenvalue weighted by Crippen LogP contribution is 2.35. The van der Waals surface area contributed by atoms with Crippen molar-refractivity contribution in [1.29, 1.82) is 0 Å². The van der Waals surface area contributed by atoms with Gasteiger partial charge in [-0.15, -0.1) is 0 Å². The summed E-state index contributed by atoms with van der Waals surface area (Å²) in [6.45, 7) is 0.528. The predicted molar refractivity (Wildman–Crippen MR) is 134 cm³/mol. The van der Waals surface area contributed by atoms with Gasteiger partial charge >= 0.3 is 12.1 Å². The summed E-state index contributed by atoms with van der Waals surface area (Å²) in [6.07, 6.45) is 3.09. The highest BCUT2D eigenvalue weighted by atomic mass is 16.5. The molecule has 36 heavy (non-hydrogen) atoms. The van der Waals surface area contributed by atoms with Gasteiger partial charge in [-0.1, -0.05) is 12.1 Å². The lowest BCUT2D eigenvalue weighted by atomic mass is 10.0. The Bertz CT molecular complexity index is 1200. The number of carbonyl (C=O) groups is 2. The SMILES string of the molecule is COc1cc(-c2ccc(NC(=O)NCc3ccco3)c(OC)c2)ccc1NC(=O)NCc1ccco1. The molecule has 0 fully saturated rings. The van der Waals surface area contributed by atoms with E-state index in [1.54, 1.807) is 61.1 Å². The molecule has 0 atom stereocenters. The van der Waals surface area contributed by atoms with Crippen molar-refractivity contribution in [2.75, 3.05) is 24.9 Å². The van der Waals surface area contributed by atoms with Crippen LogP contribution in [0.2, 0.25) is 0 Å². The van der Waals surface area contributed by atoms with Crippen molar-refractivity contribution in [3.8, 4) is 22.6 Å². The topological polar surface area (TPSA) is 127 Å². The molecule has 0 radical (unpaired) electrons. The summed E-state index contributed by atoms with van der Waals surface area (Å²) in [7, 11) is 3.06. The number of nitrogens with one attached hydrogen (secondary N) is 4. The molecule has 2 heterocycles. The smallest absolute Gasteiger partial charge is 0.319 e. The molecule has 0 aliphatic heterocycles. The van der Waals surface area contributed by atoms with Crippen LogP contribution in [0.5, 0.6) is 11.5 Å². The van der Waals surface area contributed by atoms with Crippen molar-refractivity contribution in [3.05, 3.63) is 84.7 Å². The van der Waals surface area contributed by atoms with Crippen molar-refractivity contribution in [2.45, 2.75) is 13.1 Å². The number of hydrogen-bond acceptors (Lipinski definition) is 6. The first-order valence-electron chi connectivity index (χ1n) is 11.1. The third-order valence-electron chi connectivity index (χ3n) is 5.24. The molecule has 10 nitrogen and oxygen atoms in total. The van der Waals surface area contributed by atoms with Crippen LogP contribution >= 0.6 is 0 Å². The molecule has 0 saturated heterocycles. The average molecular weight is 491 g/mol. The number of hydrogen-bond donors (Lipinski definition) is 4. The second-order valence-corrected chi connectivity index (χ2v) is 7.60. The molecule has 2 aromatic carbocycles. The van der Waals surface area contributed by atoms with Gasteiger partial charge in [-0.2, -0.15) is 0 Å². The molecule has 2 aromatic heterocycles. The summed E-state index contributed by atoms with van der Waals surface area (Å²) in [6, 6.07) is 17.1. The van der Waals surface area contributed by atoms with E-state index in [0.29, 0.717) is 34.4 Å². The third-order valence-corrected chi connectivity index (χ3v) is 5.24. The van der Waals surface area contributed by atoms with Crippen molar-refractivity contribution in [3.63, 3.8) is 0 Å². The fourth-order valence-electron chi connectivity index (χ4n) is 3.44. The van der Waals surface area contributed by atoms with Gasteiger partial charge in [-0.05, 0) is 59.7 Å². The largest absolute Gasteiger partial charge is 0.495 e. The van der Waals surface area contributed by atoms with Crippen LogP contribution in [0.3, 0.4) is 0 Å². The first-order chi connectivity index (χ1) is 17.6. The van der Waals surface area contributed by atoms with Crippen LogP contribution in [0.25, 0.3) is 11.1 Å². The van der Waals surface area contributed by atoms with E-state index >= 15 is 0 Å². The standard InChI is InChI=1S/C26H26N4O6/c1-33-23-13-17(7-9-21(23)29-25(31)27-15-19-5-3-11-35-19)18-8-10-22(24(14-18)34-2)30-26(32)28-16-20-6-4-12-36-20/h3-14H,15-16H2,1-2H3,(H2,27,29,31)(H2,28,30,32). The van der Waals surface area contributed by atoms with Gasteiger partial charge in [-0.3, -0.25) is 0 Å². The van der Waals surface area contributed by atoms with Crippen LogP contribution in [0, 0.1) is 0 Å². The van der Waals surface area contributed by atoms with E-state index in [9.17, 15) is 9.59 Å². The van der Waals surface area contributed by atoms with E-state index < -0.39 is 0 Å². The normalized spacial score (nSPS) is 10.4. The number of methoxy groups -OCH3 is 2. The summed E-state index contributed by atoms with van der Waals surface area (Å²) in [5.41, 5.74) is 2.69. The van der Waals surface area contributed by atoms with Gasteiger partial charge < -0.3 is 39.6 Å². The lowest BCUT2D eigenvalue weighted by molar-refractivity contribution is 0.250. The van der Waals surface area contributed by atoms with Crippen LogP contribution in [-0.2, 0) is 13.1 Å². The van der Waals surface area contributed by atoms with Crippen molar-refractivity contribution < 1.29 is 27.9 Å². The van der Waals surface area contributed by atoms with Gasteiger partial charge in [0.05, 0.1) is 51.2 Å². The van der Waals surface area contributed by atoms with E-state index in [2.05, 4.69) is 21.3 Å². The minimum Gasteiger partial charge on any atom is -0.495 e. The maximum Gasteiger partial charge on any atom is 0.319 e. The first-order valence-corrected chi connectivity index (χ1v) is 11.1. The van der Waals surface area contributed by atoms with Gasteiger partial charge in [0.2, 0.25) is 0 Å². The van der Waals surface area contributed by atoms with Crippen molar-refractivity contribution in [1.82, 2.24) is 10.6 Å². The molecular weight excluding hydrogens is 464 g/mol. The van der Waals surface area contributed by atoms with Gasteiger partial charge in [-0.25, -0.2) is 9.59 Å². The molecule has 10 heteroatoms. The summed E-state index contributed by atoms with van der Waals surface area (Å²) in [5.74, 6) is 2.27. The molecule has 4 aromatic rings. The molecule has 0 aliphatic rings. The lowest BCUT2D eigenvalue weighted by Gasteiger charge is -2.15. The van der Waals surface area contributed by atoms with E-state index in [0.717, 1.165) is 11.1 Å². The van der Waals surface area contributed by atoms with Crippen molar-refractivity contribution >= 4 is 23.4 Å². The summed E-state index contributed by atoms with van der Waals surface area (Å²) < 4.78 is 21.4. The van der Waals surface area contributed by atoms with Gasteiger partial charge in [0, 0.05) is 0 Å². The summed E-state index contributed by atoms with van der Waals surface area (Å²) in [4.78, 5) is 24.5. The number of benzene rings is 2. The molecule has 4 amide bonds. The fraction of sp³-hybridized carbons (Fsp3) is 0.154. The number of anilines is 2. The molecular formula is C26H26N4O6. The van der Waals surface area contributed by atoms with E-state index in [-0.39, 0.29) is 25.2 Å². The number of amides is 4. The minimum absolute atomic E-state index is 0.264. The van der Waals surface area contributed by atoms with Gasteiger partial charge in [0.25, 0.3) is 0 Å². The first kappa shape index (κ1) is 24.3. The number of rotatable bonds is 9. The van der Waals surface area contributed by atoms with Crippen LogP contribution in [0.15, 0.2) is 82.0 Å². The molecule has 4 N–H and O–H groups in total. The minimum atomic E-state index is -0.389. The molecule has 0 saturated carbocycles. The Balaban J connectivity index is 1.42. The number of carbonyl (C=O) groups excluding carboxylic acids is 2. The molecule has 4 rings (SSSR count). The molecule has 186 valence electrons. The zero-order valence-corrected chi connectivity index (χ0v) is 19.8. The Labute approximate surface area is 207 Å². The Morgan fingerprint density at radius 2 is 1.14 bits per heavy atom. The molecule has 0 spiro atoms. The van der Waals surface area contributed by atoms with Gasteiger partial charge in [0.1, 0.15) is 23.0 Å². The predicted octanol–water partition coefficient (Wildman–Crippen LogP) is 5.20. The van der Waals surface area contributed by atoms with Crippen LogP contribution in [0.1, 0.15) is 11.5 Å². The quantitative estimate of drug-likeness (QED) is 0.255. The third kappa shape index (κ3) is 6.17. The highest BCUT2D eigenvalue weighted by molar-refractivity contribution is 5.93. The van der Waals surface area contributed by atoms with E-state index in [4.69, 9.17) is 18.3 Å². The Hall–Kier alpha value is -4.86. The summed E-state index contributed by atoms with van der Waals surface area (Å²) in [5, 5.41) is 11.0. The van der Waals surface area contributed by atoms with Crippen molar-refractivity contribution in [2.24, 2.45) is 0 Å². The number of furan rings is 2. The molecule has 0 unspecified atom stereocenters. The van der Waals surface area contributed by atoms with Crippen LogP contribution < -0.4 is 30.7 Å². The number of urea groups is 2. The Morgan fingerprint density at radius 1 is 0.694 bits per heavy atom. The Kier molecular flexibility index (Phi) is 7.76. The Morgan fingerprint density at radius 3 is 1.50 bits per heavy atom. The highest BCUT2D eigenvalue weighted by Gasteiger charge is 2.13. The summed E-state index contributed by atoms with van der Waals surface area (Å²) >= 11 is 0. The second-order valence-electron chi connectivity index (χ2n) is 7.60. The fourth-order valence-corrected chi connectivity index (χ4v) is 3.44. The van der Waals surface area contributed by atoms with E-state index in [1.165, 1.54) is 14.2 Å². The van der Waals surface area contributed by atoms with Crippen LogP contribution in [-0.4, -0.2) is 26.3 Å².